The van der Waals surface area contributed by atoms with Crippen LogP contribution in [-0.2, 0) is 13.0 Å². The van der Waals surface area contributed by atoms with Gasteiger partial charge in [-0.1, -0.05) is 13.8 Å². The van der Waals surface area contributed by atoms with Gasteiger partial charge < -0.3 is 10.3 Å². The fourth-order valence-corrected chi connectivity index (χ4v) is 2.67. The topological polar surface area (TPSA) is 43.8 Å². The lowest BCUT2D eigenvalue weighted by Crippen LogP contribution is -2.06. The molecule has 2 rings (SSSR count). The van der Waals surface area contributed by atoms with Crippen LogP contribution in [-0.4, -0.2) is 9.55 Å². The molecule has 102 valence electrons. The second-order valence-electron chi connectivity index (χ2n) is 4.39. The van der Waals surface area contributed by atoms with E-state index < -0.39 is 0 Å². The molecule has 1 heterocycles. The summed E-state index contributed by atoms with van der Waals surface area (Å²) in [6.07, 6.45) is 1.82. The van der Waals surface area contributed by atoms with Gasteiger partial charge >= 0.3 is 0 Å². The van der Waals surface area contributed by atoms with Crippen LogP contribution in [0.2, 0.25) is 0 Å². The van der Waals surface area contributed by atoms with Crippen molar-refractivity contribution in [1.82, 2.24) is 9.55 Å². The number of nitrogen functional groups attached to an aromatic ring is 1. The molecule has 0 bridgehead atoms. The Morgan fingerprint density at radius 3 is 2.68 bits per heavy atom. The largest absolute Gasteiger partial charge is 0.383 e. The lowest BCUT2D eigenvalue weighted by Gasteiger charge is -2.07. The summed E-state index contributed by atoms with van der Waals surface area (Å²) < 4.78 is 15.9. The summed E-state index contributed by atoms with van der Waals surface area (Å²) in [5.74, 6) is 1.33. The molecule has 2 N–H and O–H groups in total. The van der Waals surface area contributed by atoms with E-state index >= 15 is 0 Å². The smallest absolute Gasteiger partial charge is 0.131 e. The number of imidazole rings is 1. The average Bonchev–Trinajstić information content (AvgIpc) is 2.68. The van der Waals surface area contributed by atoms with Crippen molar-refractivity contribution in [2.75, 3.05) is 5.73 Å². The zero-order valence-electron chi connectivity index (χ0n) is 11.1. The number of anilines is 1. The first-order chi connectivity index (χ1) is 9.08. The molecule has 19 heavy (non-hydrogen) atoms. The van der Waals surface area contributed by atoms with Crippen LogP contribution >= 0.6 is 15.9 Å². The molecule has 1 aromatic heterocycles. The highest BCUT2D eigenvalue weighted by molar-refractivity contribution is 9.10. The van der Waals surface area contributed by atoms with E-state index in [4.69, 9.17) is 5.73 Å². The van der Waals surface area contributed by atoms with Crippen LogP contribution < -0.4 is 5.73 Å². The Bertz CT molecular complexity index is 593. The van der Waals surface area contributed by atoms with Crippen LogP contribution in [0.15, 0.2) is 22.7 Å². The summed E-state index contributed by atoms with van der Waals surface area (Å²) in [6.45, 7) is 5.00. The lowest BCUT2D eigenvalue weighted by molar-refractivity contribution is 0.627. The Morgan fingerprint density at radius 2 is 2.11 bits per heavy atom. The highest BCUT2D eigenvalue weighted by Gasteiger charge is 2.16. The molecule has 0 saturated carbocycles. The van der Waals surface area contributed by atoms with Gasteiger partial charge in [0.2, 0.25) is 0 Å². The van der Waals surface area contributed by atoms with Gasteiger partial charge in [-0.25, -0.2) is 9.37 Å². The van der Waals surface area contributed by atoms with E-state index in [2.05, 4.69) is 34.8 Å². The highest BCUT2D eigenvalue weighted by atomic mass is 79.9. The molecule has 0 spiro atoms. The first-order valence-electron chi connectivity index (χ1n) is 6.38. The van der Waals surface area contributed by atoms with E-state index in [-0.39, 0.29) is 5.82 Å². The van der Waals surface area contributed by atoms with Crippen LogP contribution in [0.3, 0.4) is 0 Å². The van der Waals surface area contributed by atoms with Gasteiger partial charge in [0.05, 0.1) is 0 Å². The van der Waals surface area contributed by atoms with Crippen molar-refractivity contribution in [2.45, 2.75) is 33.2 Å². The summed E-state index contributed by atoms with van der Waals surface area (Å²) in [5.41, 5.74) is 7.73. The third-order valence-electron chi connectivity index (χ3n) is 3.04. The maximum Gasteiger partial charge on any atom is 0.131 e. The Kier molecular flexibility index (Phi) is 4.24. The minimum atomic E-state index is -0.280. The van der Waals surface area contributed by atoms with Gasteiger partial charge in [-0.15, -0.1) is 0 Å². The number of hydrogen-bond donors (Lipinski definition) is 1. The van der Waals surface area contributed by atoms with Crippen LogP contribution in [0.1, 0.15) is 26.1 Å². The molecule has 0 atom stereocenters. The second-order valence-corrected chi connectivity index (χ2v) is 5.25. The Labute approximate surface area is 120 Å². The second kappa shape index (κ2) is 5.74. The Morgan fingerprint density at radius 1 is 1.37 bits per heavy atom. The van der Waals surface area contributed by atoms with Gasteiger partial charge in [-0.05, 0) is 40.5 Å². The average molecular weight is 326 g/mol. The van der Waals surface area contributed by atoms with Crippen molar-refractivity contribution < 1.29 is 4.39 Å². The summed E-state index contributed by atoms with van der Waals surface area (Å²) in [6, 6.07) is 4.55. The summed E-state index contributed by atoms with van der Waals surface area (Å²) >= 11 is 3.37. The van der Waals surface area contributed by atoms with Gasteiger partial charge in [0, 0.05) is 23.0 Å². The molecular formula is C14H17BrFN3. The number of nitrogens with zero attached hydrogens (tertiary/aromatic N) is 2. The minimum Gasteiger partial charge on any atom is -0.383 e. The molecular weight excluding hydrogens is 309 g/mol. The summed E-state index contributed by atoms with van der Waals surface area (Å²) in [4.78, 5) is 4.59. The molecule has 0 aliphatic heterocycles. The number of aryl methyl sites for hydroxylation is 1. The van der Waals surface area contributed by atoms with Crippen molar-refractivity contribution >= 4 is 21.7 Å². The molecule has 0 unspecified atom stereocenters. The number of rotatable bonds is 4. The highest BCUT2D eigenvalue weighted by Crippen LogP contribution is 2.33. The molecule has 0 aliphatic rings. The van der Waals surface area contributed by atoms with Crippen LogP contribution in [0.4, 0.5) is 10.2 Å². The molecule has 3 nitrogen and oxygen atoms in total. The van der Waals surface area contributed by atoms with Crippen LogP contribution in [0.25, 0.3) is 11.3 Å². The summed E-state index contributed by atoms with van der Waals surface area (Å²) in [7, 11) is 0. The zero-order chi connectivity index (χ0) is 14.0. The molecule has 0 amide bonds. The third kappa shape index (κ3) is 2.66. The fourth-order valence-electron chi connectivity index (χ4n) is 2.14. The zero-order valence-corrected chi connectivity index (χ0v) is 12.7. The van der Waals surface area contributed by atoms with E-state index in [0.29, 0.717) is 10.3 Å². The molecule has 0 aliphatic carbocycles. The van der Waals surface area contributed by atoms with E-state index in [1.54, 1.807) is 6.07 Å². The molecule has 0 radical (unpaired) electrons. The number of halogens is 2. The van der Waals surface area contributed by atoms with Gasteiger partial charge in [0.1, 0.15) is 23.2 Å². The Balaban J connectivity index is 2.56. The first kappa shape index (κ1) is 14.1. The molecule has 5 heteroatoms. The predicted molar refractivity (Wildman–Crippen MR) is 79.4 cm³/mol. The van der Waals surface area contributed by atoms with Crippen LogP contribution in [0, 0.1) is 5.82 Å². The van der Waals surface area contributed by atoms with Gasteiger partial charge in [-0.2, -0.15) is 0 Å². The van der Waals surface area contributed by atoms with E-state index in [9.17, 15) is 4.39 Å². The van der Waals surface area contributed by atoms with Crippen molar-refractivity contribution in [1.29, 1.82) is 0 Å². The monoisotopic (exact) mass is 325 g/mol. The van der Waals surface area contributed by atoms with Crippen molar-refractivity contribution in [3.63, 3.8) is 0 Å². The van der Waals surface area contributed by atoms with E-state index in [1.807, 2.05) is 4.57 Å². The van der Waals surface area contributed by atoms with Gasteiger partial charge in [-0.3, -0.25) is 0 Å². The third-order valence-corrected chi connectivity index (χ3v) is 3.69. The standard InChI is InChI=1S/C14H17BrFN3/c1-3-7-19-12(4-2)18-13(14(19)17)10-6-5-9(16)8-11(10)15/h5-6,8H,3-4,7,17H2,1-2H3. The molecule has 0 saturated heterocycles. The van der Waals surface area contributed by atoms with Crippen LogP contribution in [0.5, 0.6) is 0 Å². The molecule has 2 aromatic rings. The van der Waals surface area contributed by atoms with Crippen molar-refractivity contribution in [2.24, 2.45) is 0 Å². The predicted octanol–water partition coefficient (Wildman–Crippen LogP) is 4.01. The number of hydrogen-bond acceptors (Lipinski definition) is 2. The van der Waals surface area contributed by atoms with Crippen molar-refractivity contribution in [3.8, 4) is 11.3 Å². The quantitative estimate of drug-likeness (QED) is 0.923. The molecule has 0 fully saturated rings. The lowest BCUT2D eigenvalue weighted by atomic mass is 10.1. The maximum atomic E-state index is 13.1. The van der Waals surface area contributed by atoms with Gasteiger partial charge in [0.15, 0.2) is 0 Å². The molecule has 1 aromatic carbocycles. The van der Waals surface area contributed by atoms with Crippen molar-refractivity contribution in [3.05, 3.63) is 34.3 Å². The van der Waals surface area contributed by atoms with E-state index in [0.717, 1.165) is 36.5 Å². The normalized spacial score (nSPS) is 10.9. The van der Waals surface area contributed by atoms with Gasteiger partial charge in [0.25, 0.3) is 0 Å². The SMILES string of the molecule is CCCn1c(CC)nc(-c2ccc(F)cc2Br)c1N. The fraction of sp³-hybridized carbons (Fsp3) is 0.357. The minimum absolute atomic E-state index is 0.280. The Hall–Kier alpha value is -1.36. The van der Waals surface area contributed by atoms with E-state index in [1.165, 1.54) is 12.1 Å². The number of benzene rings is 1. The first-order valence-corrected chi connectivity index (χ1v) is 7.18. The number of nitrogens with two attached hydrogens (primary N) is 1. The maximum absolute atomic E-state index is 13.1. The number of aromatic nitrogens is 2. The summed E-state index contributed by atoms with van der Waals surface area (Å²) in [5, 5.41) is 0.